The quantitative estimate of drug-likeness (QED) is 0.508. The van der Waals surface area contributed by atoms with Crippen molar-refractivity contribution in [1.29, 1.82) is 0 Å². The van der Waals surface area contributed by atoms with Crippen LogP contribution in [0.1, 0.15) is 39.4 Å². The number of benzene rings is 2. The second-order valence-corrected chi connectivity index (χ2v) is 9.91. The maximum Gasteiger partial charge on any atom is 0.258 e. The lowest BCUT2D eigenvalue weighted by atomic mass is 10.1. The lowest BCUT2D eigenvalue weighted by molar-refractivity contribution is -0.130. The Kier molecular flexibility index (Phi) is 7.90. The van der Waals surface area contributed by atoms with E-state index in [9.17, 15) is 14.4 Å². The fraction of sp³-hybridized carbons (Fsp3) is 0.379. The third-order valence-corrected chi connectivity index (χ3v) is 7.19. The smallest absolute Gasteiger partial charge is 0.258 e. The molecular formula is C29H32N4O7. The van der Waals surface area contributed by atoms with Gasteiger partial charge in [0, 0.05) is 30.6 Å². The van der Waals surface area contributed by atoms with Crippen LogP contribution in [-0.2, 0) is 22.6 Å². The highest BCUT2D eigenvalue weighted by Crippen LogP contribution is 2.29. The Labute approximate surface area is 231 Å². The molecule has 0 aliphatic carbocycles. The molecule has 40 heavy (non-hydrogen) atoms. The summed E-state index contributed by atoms with van der Waals surface area (Å²) in [5, 5.41) is 9.81. The number of nitrogens with zero attached hydrogens (tertiary/aromatic N) is 2. The molecule has 1 fully saturated rings. The summed E-state index contributed by atoms with van der Waals surface area (Å²) in [5.41, 5.74) is 2.93. The third kappa shape index (κ3) is 6.03. The summed E-state index contributed by atoms with van der Waals surface area (Å²) in [6, 6.07) is 11.6. The van der Waals surface area contributed by atoms with Crippen LogP contribution in [0.3, 0.4) is 0 Å². The molecule has 4 heterocycles. The minimum atomic E-state index is -0.470. The molecule has 1 aromatic heterocycles. The van der Waals surface area contributed by atoms with Gasteiger partial charge in [0.05, 0.1) is 25.4 Å². The van der Waals surface area contributed by atoms with Gasteiger partial charge in [-0.25, -0.2) is 0 Å². The normalized spacial score (nSPS) is 19.1. The topological polar surface area (TPSA) is 132 Å². The summed E-state index contributed by atoms with van der Waals surface area (Å²) in [7, 11) is 1.48. The number of aromatic nitrogens is 1. The van der Waals surface area contributed by atoms with Gasteiger partial charge in [0.2, 0.25) is 5.91 Å². The van der Waals surface area contributed by atoms with Crippen molar-refractivity contribution < 1.29 is 33.1 Å². The number of nitrogens with one attached hydrogen (secondary N) is 2. The molecule has 0 saturated carbocycles. The van der Waals surface area contributed by atoms with Gasteiger partial charge < -0.3 is 34.3 Å². The van der Waals surface area contributed by atoms with Crippen LogP contribution in [-0.4, -0.2) is 66.7 Å². The summed E-state index contributed by atoms with van der Waals surface area (Å²) in [6.45, 7) is 4.40. The molecule has 2 aromatic carbocycles. The summed E-state index contributed by atoms with van der Waals surface area (Å²) in [4.78, 5) is 40.6. The average molecular weight is 549 g/mol. The first-order valence-electron chi connectivity index (χ1n) is 13.1. The molecule has 0 unspecified atom stereocenters. The van der Waals surface area contributed by atoms with Gasteiger partial charge in [-0.2, -0.15) is 0 Å². The van der Waals surface area contributed by atoms with E-state index < -0.39 is 12.1 Å². The molecule has 6 rings (SSSR count). The van der Waals surface area contributed by atoms with E-state index in [2.05, 4.69) is 15.8 Å². The Balaban J connectivity index is 1.38. The van der Waals surface area contributed by atoms with Crippen molar-refractivity contribution in [3.63, 3.8) is 0 Å². The highest BCUT2D eigenvalue weighted by Gasteiger charge is 2.38. The van der Waals surface area contributed by atoms with E-state index in [0.717, 1.165) is 16.8 Å². The zero-order valence-corrected chi connectivity index (χ0v) is 22.7. The minimum Gasteiger partial charge on any atom is -0.493 e. The monoisotopic (exact) mass is 548 g/mol. The number of ether oxygens (including phenoxy) is 3. The SMILES string of the molecule is COc1ccc2cc1OCC(=O)NCc1ccc(cc1)O[C@H]1CN(C(=O)CCc3c(C)noc3C)C[C@@H]1NC2=O. The Bertz CT molecular complexity index is 1380. The number of aryl methyl sites for hydroxylation is 2. The van der Waals surface area contributed by atoms with Crippen molar-refractivity contribution in [2.45, 2.75) is 45.4 Å². The van der Waals surface area contributed by atoms with Crippen LogP contribution < -0.4 is 24.8 Å². The van der Waals surface area contributed by atoms with Crippen molar-refractivity contribution >= 4 is 17.7 Å². The Hall–Kier alpha value is -4.54. The molecule has 3 aliphatic heterocycles. The number of likely N-dealkylation sites (tertiary alicyclic amines) is 1. The first kappa shape index (κ1) is 27.0. The van der Waals surface area contributed by atoms with E-state index in [1.807, 2.05) is 38.1 Å². The summed E-state index contributed by atoms with van der Waals surface area (Å²) in [6.07, 6.45) is 0.337. The molecule has 0 radical (unpaired) electrons. The zero-order chi connectivity index (χ0) is 28.2. The van der Waals surface area contributed by atoms with Crippen molar-refractivity contribution in [1.82, 2.24) is 20.7 Å². The van der Waals surface area contributed by atoms with Gasteiger partial charge in [-0.15, -0.1) is 0 Å². The maximum atomic E-state index is 13.3. The molecule has 210 valence electrons. The van der Waals surface area contributed by atoms with E-state index in [0.29, 0.717) is 48.9 Å². The molecule has 1 saturated heterocycles. The number of carbonyl (C=O) groups excluding carboxylic acids is 3. The number of hydrogen-bond donors (Lipinski definition) is 2. The third-order valence-electron chi connectivity index (χ3n) is 7.19. The Morgan fingerprint density at radius 3 is 2.65 bits per heavy atom. The van der Waals surface area contributed by atoms with E-state index in [1.165, 1.54) is 13.2 Å². The summed E-state index contributed by atoms with van der Waals surface area (Å²) in [5.74, 6) is 1.27. The van der Waals surface area contributed by atoms with Crippen molar-refractivity contribution in [3.05, 3.63) is 70.6 Å². The molecule has 0 spiro atoms. The van der Waals surface area contributed by atoms with Gasteiger partial charge in [-0.1, -0.05) is 17.3 Å². The standard InChI is InChI=1S/C29H32N4O7/c1-17-22(18(2)40-32-17)9-11-28(35)33-14-23-26(15-33)39-21-7-4-19(5-8-21)13-30-27(34)16-38-25-12-20(29(36)31-23)6-10-24(25)37-3/h4-8,10,12,23,26H,9,11,13-16H2,1-3H3,(H,30,34)(H,31,36)/t23-,26-/m0/s1. The lowest BCUT2D eigenvalue weighted by Gasteiger charge is -2.21. The minimum absolute atomic E-state index is 0.0429. The van der Waals surface area contributed by atoms with Gasteiger partial charge in [-0.3, -0.25) is 14.4 Å². The fourth-order valence-electron chi connectivity index (χ4n) is 4.92. The average Bonchev–Trinajstić information content (AvgIpc) is 3.50. The Morgan fingerprint density at radius 1 is 1.12 bits per heavy atom. The van der Waals surface area contributed by atoms with Crippen LogP contribution >= 0.6 is 0 Å². The van der Waals surface area contributed by atoms with Crippen molar-refractivity contribution in [3.8, 4) is 17.2 Å². The molecule has 3 aromatic rings. The number of carbonyl (C=O) groups is 3. The van der Waals surface area contributed by atoms with E-state index in [-0.39, 0.29) is 36.5 Å². The van der Waals surface area contributed by atoms with Crippen LogP contribution in [0, 0.1) is 13.8 Å². The van der Waals surface area contributed by atoms with Crippen LogP contribution in [0.4, 0.5) is 0 Å². The number of fused-ring (bicyclic) bond motifs is 7. The molecule has 11 heteroatoms. The van der Waals surface area contributed by atoms with E-state index in [1.54, 1.807) is 17.0 Å². The summed E-state index contributed by atoms with van der Waals surface area (Å²) < 4.78 is 22.5. The van der Waals surface area contributed by atoms with Crippen LogP contribution in [0.2, 0.25) is 0 Å². The van der Waals surface area contributed by atoms with Crippen LogP contribution in [0.25, 0.3) is 0 Å². The predicted molar refractivity (Wildman–Crippen MR) is 143 cm³/mol. The van der Waals surface area contributed by atoms with Crippen molar-refractivity contribution in [2.24, 2.45) is 0 Å². The highest BCUT2D eigenvalue weighted by molar-refractivity contribution is 5.95. The van der Waals surface area contributed by atoms with Crippen LogP contribution in [0.15, 0.2) is 47.0 Å². The number of rotatable bonds is 4. The molecule has 3 amide bonds. The fourth-order valence-corrected chi connectivity index (χ4v) is 4.92. The molecule has 2 N–H and O–H groups in total. The highest BCUT2D eigenvalue weighted by atomic mass is 16.5. The van der Waals surface area contributed by atoms with Crippen molar-refractivity contribution in [2.75, 3.05) is 26.8 Å². The van der Waals surface area contributed by atoms with Gasteiger partial charge in [0.1, 0.15) is 17.6 Å². The lowest BCUT2D eigenvalue weighted by Crippen LogP contribution is -2.45. The van der Waals surface area contributed by atoms with Crippen LogP contribution in [0.5, 0.6) is 17.2 Å². The maximum absolute atomic E-state index is 13.3. The zero-order valence-electron chi connectivity index (χ0n) is 22.7. The van der Waals surface area contributed by atoms with E-state index >= 15 is 0 Å². The van der Waals surface area contributed by atoms with Gasteiger partial charge >= 0.3 is 0 Å². The number of methoxy groups -OCH3 is 1. The molecular weight excluding hydrogens is 516 g/mol. The number of hydrogen-bond acceptors (Lipinski definition) is 8. The second-order valence-electron chi connectivity index (χ2n) is 9.91. The second kappa shape index (κ2) is 11.7. The molecule has 2 atom stereocenters. The Morgan fingerprint density at radius 2 is 1.93 bits per heavy atom. The van der Waals surface area contributed by atoms with Gasteiger partial charge in [-0.05, 0) is 56.2 Å². The molecule has 11 nitrogen and oxygen atoms in total. The molecule has 4 bridgehead atoms. The first-order valence-corrected chi connectivity index (χ1v) is 13.1. The van der Waals surface area contributed by atoms with Gasteiger partial charge in [0.15, 0.2) is 18.1 Å². The van der Waals surface area contributed by atoms with E-state index in [4.69, 9.17) is 18.7 Å². The van der Waals surface area contributed by atoms with Gasteiger partial charge in [0.25, 0.3) is 11.8 Å². The summed E-state index contributed by atoms with van der Waals surface area (Å²) >= 11 is 0. The molecule has 3 aliphatic rings. The predicted octanol–water partition coefficient (Wildman–Crippen LogP) is 2.33. The first-order chi connectivity index (χ1) is 19.3. The largest absolute Gasteiger partial charge is 0.493 e. The number of amides is 3.